The number of nitrogens with zero attached hydrogens (tertiary/aromatic N) is 1. The highest BCUT2D eigenvalue weighted by Crippen LogP contribution is 2.33. The van der Waals surface area contributed by atoms with Crippen LogP contribution in [0.2, 0.25) is 0 Å². The van der Waals surface area contributed by atoms with E-state index in [0.717, 1.165) is 6.42 Å². The minimum absolute atomic E-state index is 0.193. The molecule has 2 N–H and O–H groups in total. The molecule has 1 atom stereocenters. The molecule has 1 heterocycles. The number of methoxy groups -OCH3 is 1. The van der Waals surface area contributed by atoms with Gasteiger partial charge in [-0.3, -0.25) is 0 Å². The van der Waals surface area contributed by atoms with E-state index in [4.69, 9.17) is 10.5 Å². The maximum absolute atomic E-state index is 12.7. The van der Waals surface area contributed by atoms with Crippen molar-refractivity contribution in [2.24, 2.45) is 11.8 Å². The van der Waals surface area contributed by atoms with Gasteiger partial charge in [-0.1, -0.05) is 13.8 Å². The molecule has 0 aromatic heterocycles. The van der Waals surface area contributed by atoms with E-state index >= 15 is 0 Å². The van der Waals surface area contributed by atoms with Crippen molar-refractivity contribution in [1.82, 2.24) is 4.31 Å². The lowest BCUT2D eigenvalue weighted by Crippen LogP contribution is -2.29. The van der Waals surface area contributed by atoms with Gasteiger partial charge < -0.3 is 10.5 Å². The SMILES string of the molecule is COc1cc(N)ccc1S(=O)(=O)N1CCC(C(C)C)C1. The molecule has 0 aliphatic carbocycles. The molecule has 1 aromatic rings. The number of nitrogens with two attached hydrogens (primary N) is 1. The smallest absolute Gasteiger partial charge is 0.246 e. The quantitative estimate of drug-likeness (QED) is 0.862. The summed E-state index contributed by atoms with van der Waals surface area (Å²) in [6.45, 7) is 5.40. The van der Waals surface area contributed by atoms with Crippen LogP contribution in [0.15, 0.2) is 23.1 Å². The molecule has 1 saturated heterocycles. The number of benzene rings is 1. The van der Waals surface area contributed by atoms with Crippen LogP contribution in [0.4, 0.5) is 5.69 Å². The molecular formula is C14H22N2O3S. The Labute approximate surface area is 120 Å². The fourth-order valence-corrected chi connectivity index (χ4v) is 4.20. The van der Waals surface area contributed by atoms with E-state index in [1.54, 1.807) is 16.4 Å². The largest absolute Gasteiger partial charge is 0.495 e. The van der Waals surface area contributed by atoms with Crippen molar-refractivity contribution in [2.75, 3.05) is 25.9 Å². The highest BCUT2D eigenvalue weighted by Gasteiger charge is 2.35. The Bertz CT molecular complexity index is 584. The zero-order valence-corrected chi connectivity index (χ0v) is 13.0. The van der Waals surface area contributed by atoms with E-state index in [1.807, 2.05) is 0 Å². The summed E-state index contributed by atoms with van der Waals surface area (Å²) >= 11 is 0. The zero-order chi connectivity index (χ0) is 14.9. The number of rotatable bonds is 4. The molecule has 0 saturated carbocycles. The number of sulfonamides is 1. The van der Waals surface area contributed by atoms with Gasteiger partial charge in [0.25, 0.3) is 0 Å². The Morgan fingerprint density at radius 2 is 2.10 bits per heavy atom. The van der Waals surface area contributed by atoms with E-state index in [2.05, 4.69) is 13.8 Å². The van der Waals surface area contributed by atoms with Crippen molar-refractivity contribution >= 4 is 15.7 Å². The molecule has 1 fully saturated rings. The first-order valence-electron chi connectivity index (χ1n) is 6.80. The number of hydrogen-bond acceptors (Lipinski definition) is 4. The molecule has 5 nitrogen and oxygen atoms in total. The highest BCUT2D eigenvalue weighted by molar-refractivity contribution is 7.89. The van der Waals surface area contributed by atoms with Crippen molar-refractivity contribution in [3.8, 4) is 5.75 Å². The van der Waals surface area contributed by atoms with Gasteiger partial charge in [0.15, 0.2) is 0 Å². The van der Waals surface area contributed by atoms with Gasteiger partial charge in [0.2, 0.25) is 10.0 Å². The number of nitrogen functional groups attached to an aromatic ring is 1. The van der Waals surface area contributed by atoms with Gasteiger partial charge in [-0.25, -0.2) is 8.42 Å². The van der Waals surface area contributed by atoms with Crippen LogP contribution in [0.5, 0.6) is 5.75 Å². The fourth-order valence-electron chi connectivity index (χ4n) is 2.55. The molecular weight excluding hydrogens is 276 g/mol. The van der Waals surface area contributed by atoms with E-state index in [9.17, 15) is 8.42 Å². The monoisotopic (exact) mass is 298 g/mol. The molecule has 0 radical (unpaired) electrons. The first kappa shape index (κ1) is 15.1. The van der Waals surface area contributed by atoms with Crippen molar-refractivity contribution in [1.29, 1.82) is 0 Å². The summed E-state index contributed by atoms with van der Waals surface area (Å²) in [7, 11) is -2.06. The van der Waals surface area contributed by atoms with Crippen molar-refractivity contribution in [3.63, 3.8) is 0 Å². The second-order valence-corrected chi connectivity index (χ2v) is 7.47. The standard InChI is InChI=1S/C14H22N2O3S/c1-10(2)11-6-7-16(9-11)20(17,18)14-5-4-12(15)8-13(14)19-3/h4-5,8,10-11H,6-7,9,15H2,1-3H3. The lowest BCUT2D eigenvalue weighted by Gasteiger charge is -2.19. The summed E-state index contributed by atoms with van der Waals surface area (Å²) in [5, 5.41) is 0. The summed E-state index contributed by atoms with van der Waals surface area (Å²) in [6.07, 6.45) is 0.911. The van der Waals surface area contributed by atoms with Crippen LogP contribution < -0.4 is 10.5 Å². The maximum Gasteiger partial charge on any atom is 0.246 e. The summed E-state index contributed by atoms with van der Waals surface area (Å²) < 4.78 is 32.1. The Balaban J connectivity index is 2.32. The number of ether oxygens (including phenoxy) is 1. The van der Waals surface area contributed by atoms with Gasteiger partial charge in [-0.2, -0.15) is 4.31 Å². The molecule has 112 valence electrons. The average molecular weight is 298 g/mol. The predicted octanol–water partition coefficient (Wildman–Crippen LogP) is 1.94. The van der Waals surface area contributed by atoms with Crippen LogP contribution in [0, 0.1) is 11.8 Å². The molecule has 1 aromatic carbocycles. The molecule has 20 heavy (non-hydrogen) atoms. The van der Waals surface area contributed by atoms with Crippen LogP contribution in [-0.4, -0.2) is 32.9 Å². The Hall–Kier alpha value is -1.27. The van der Waals surface area contributed by atoms with Gasteiger partial charge >= 0.3 is 0 Å². The Morgan fingerprint density at radius 3 is 2.65 bits per heavy atom. The van der Waals surface area contributed by atoms with Crippen LogP contribution in [-0.2, 0) is 10.0 Å². The van der Waals surface area contributed by atoms with Gasteiger partial charge in [0.1, 0.15) is 10.6 Å². The maximum atomic E-state index is 12.7. The minimum atomic E-state index is -3.51. The van der Waals surface area contributed by atoms with Crippen LogP contribution in [0.3, 0.4) is 0 Å². The highest BCUT2D eigenvalue weighted by atomic mass is 32.2. The van der Waals surface area contributed by atoms with Gasteiger partial charge in [-0.15, -0.1) is 0 Å². The first-order chi connectivity index (χ1) is 9.36. The molecule has 1 aliphatic heterocycles. The van der Waals surface area contributed by atoms with Crippen LogP contribution in [0.25, 0.3) is 0 Å². The second-order valence-electron chi connectivity index (χ2n) is 5.57. The third-order valence-corrected chi connectivity index (χ3v) is 5.84. The molecule has 0 amide bonds. The summed E-state index contributed by atoms with van der Waals surface area (Å²) in [4.78, 5) is 0.193. The lowest BCUT2D eigenvalue weighted by atomic mass is 9.96. The van der Waals surface area contributed by atoms with E-state index in [0.29, 0.717) is 36.4 Å². The topological polar surface area (TPSA) is 72.6 Å². The van der Waals surface area contributed by atoms with E-state index in [1.165, 1.54) is 13.2 Å². The minimum Gasteiger partial charge on any atom is -0.495 e. The zero-order valence-electron chi connectivity index (χ0n) is 12.2. The second kappa shape index (κ2) is 5.61. The van der Waals surface area contributed by atoms with Gasteiger partial charge in [0, 0.05) is 24.8 Å². The third-order valence-electron chi connectivity index (χ3n) is 3.94. The van der Waals surface area contributed by atoms with Gasteiger partial charge in [-0.05, 0) is 30.4 Å². The third kappa shape index (κ3) is 2.76. The van der Waals surface area contributed by atoms with E-state index < -0.39 is 10.0 Å². The molecule has 0 bridgehead atoms. The fraction of sp³-hybridized carbons (Fsp3) is 0.571. The van der Waals surface area contributed by atoms with E-state index in [-0.39, 0.29) is 4.90 Å². The Kier molecular flexibility index (Phi) is 4.25. The van der Waals surface area contributed by atoms with Crippen molar-refractivity contribution in [3.05, 3.63) is 18.2 Å². The molecule has 0 spiro atoms. The number of hydrogen-bond donors (Lipinski definition) is 1. The number of anilines is 1. The Morgan fingerprint density at radius 1 is 1.40 bits per heavy atom. The molecule has 1 aliphatic rings. The average Bonchev–Trinajstić information content (AvgIpc) is 2.88. The van der Waals surface area contributed by atoms with Crippen LogP contribution >= 0.6 is 0 Å². The molecule has 6 heteroatoms. The summed E-state index contributed by atoms with van der Waals surface area (Å²) in [5.74, 6) is 1.21. The summed E-state index contributed by atoms with van der Waals surface area (Å²) in [6, 6.07) is 4.65. The molecule has 1 unspecified atom stereocenters. The molecule has 2 rings (SSSR count). The predicted molar refractivity (Wildman–Crippen MR) is 79.1 cm³/mol. The van der Waals surface area contributed by atoms with Crippen LogP contribution in [0.1, 0.15) is 20.3 Å². The lowest BCUT2D eigenvalue weighted by molar-refractivity contribution is 0.382. The first-order valence-corrected chi connectivity index (χ1v) is 8.24. The van der Waals surface area contributed by atoms with Crippen molar-refractivity contribution in [2.45, 2.75) is 25.2 Å². The normalized spacial score (nSPS) is 20.5. The van der Waals surface area contributed by atoms with Gasteiger partial charge in [0.05, 0.1) is 7.11 Å². The summed E-state index contributed by atoms with van der Waals surface area (Å²) in [5.41, 5.74) is 6.16. The van der Waals surface area contributed by atoms with Crippen molar-refractivity contribution < 1.29 is 13.2 Å².